The highest BCUT2D eigenvalue weighted by atomic mass is 32.2. The Balaban J connectivity index is 1.04. The number of nitrogens with one attached hydrogen (secondary N) is 3. The number of carbonyl (C=O) groups is 3. The Morgan fingerprint density at radius 3 is 2.41 bits per heavy atom. The topological polar surface area (TPSA) is 150 Å². The average molecular weight is 609 g/mol. The van der Waals surface area contributed by atoms with Crippen LogP contribution in [0.25, 0.3) is 11.0 Å². The number of anilines is 3. The van der Waals surface area contributed by atoms with Crippen molar-refractivity contribution in [1.29, 1.82) is 0 Å². The molecule has 1 atom stereocenters. The highest BCUT2D eigenvalue weighted by Gasteiger charge is 2.31. The second-order valence-corrected chi connectivity index (χ2v) is 11.2. The number of nitrogens with zero attached hydrogens (tertiary/aromatic N) is 2. The SMILES string of the molecule is Cn1c(COc2ccc(CC3SC(=O)NC3=O)cc2)nc2ccc(Oc3ccc(NC(=O)Nc4ccccc4N)cc3)cc21. The minimum atomic E-state index is -0.404. The Morgan fingerprint density at radius 1 is 0.955 bits per heavy atom. The number of benzene rings is 4. The lowest BCUT2D eigenvalue weighted by Gasteiger charge is -2.11. The Labute approximate surface area is 256 Å². The van der Waals surface area contributed by atoms with Crippen molar-refractivity contribution in [1.82, 2.24) is 14.9 Å². The summed E-state index contributed by atoms with van der Waals surface area (Å²) < 4.78 is 14.0. The van der Waals surface area contributed by atoms with Crippen LogP contribution in [0.4, 0.5) is 26.7 Å². The smallest absolute Gasteiger partial charge is 0.323 e. The lowest BCUT2D eigenvalue weighted by Crippen LogP contribution is -2.25. The number of thioether (sulfide) groups is 1. The monoisotopic (exact) mass is 608 g/mol. The molecule has 1 unspecified atom stereocenters. The molecule has 11 nitrogen and oxygen atoms in total. The molecule has 4 amide bonds. The highest BCUT2D eigenvalue weighted by molar-refractivity contribution is 8.15. The van der Waals surface area contributed by atoms with E-state index in [1.807, 2.05) is 54.1 Å². The number of nitrogen functional groups attached to an aromatic ring is 1. The van der Waals surface area contributed by atoms with Crippen molar-refractivity contribution in [2.45, 2.75) is 18.3 Å². The molecule has 1 aromatic heterocycles. The molecule has 0 spiro atoms. The lowest BCUT2D eigenvalue weighted by atomic mass is 10.1. The minimum Gasteiger partial charge on any atom is -0.486 e. The van der Waals surface area contributed by atoms with Crippen molar-refractivity contribution < 1.29 is 23.9 Å². The van der Waals surface area contributed by atoms with Crippen molar-refractivity contribution in [2.75, 3.05) is 16.4 Å². The number of carbonyl (C=O) groups excluding carboxylic acids is 3. The van der Waals surface area contributed by atoms with Crippen LogP contribution in [0.15, 0.2) is 91.0 Å². The molecule has 0 radical (unpaired) electrons. The predicted molar refractivity (Wildman–Crippen MR) is 170 cm³/mol. The molecular weight excluding hydrogens is 580 g/mol. The first-order valence-electron chi connectivity index (χ1n) is 13.7. The summed E-state index contributed by atoms with van der Waals surface area (Å²) in [5.41, 5.74) is 10.1. The summed E-state index contributed by atoms with van der Waals surface area (Å²) in [7, 11) is 1.92. The number of amides is 4. The molecule has 44 heavy (non-hydrogen) atoms. The van der Waals surface area contributed by atoms with E-state index in [1.54, 1.807) is 48.5 Å². The molecule has 0 aliphatic carbocycles. The first kappa shape index (κ1) is 28.6. The van der Waals surface area contributed by atoms with Crippen molar-refractivity contribution in [3.8, 4) is 17.2 Å². The van der Waals surface area contributed by atoms with Gasteiger partial charge in [-0.2, -0.15) is 0 Å². The molecular formula is C32H28N6O5S. The Morgan fingerprint density at radius 2 is 1.68 bits per heavy atom. The number of hydrogen-bond donors (Lipinski definition) is 4. The summed E-state index contributed by atoms with van der Waals surface area (Å²) in [6.07, 6.45) is 0.473. The molecule has 1 aliphatic heterocycles. The molecule has 4 aromatic carbocycles. The van der Waals surface area contributed by atoms with Crippen LogP contribution in [0, 0.1) is 0 Å². The minimum absolute atomic E-state index is 0.252. The van der Waals surface area contributed by atoms with Gasteiger partial charge in [-0.1, -0.05) is 36.0 Å². The standard InChI is InChI=1S/C32H28N6O5S/c1-38-27-17-23(43-22-12-8-20(9-13-22)34-31(40)36-25-5-3-2-4-24(25)33)14-15-26(27)35-29(38)18-42-21-10-6-19(7-11-21)16-28-30(39)37-32(41)44-28/h2-15,17,28H,16,18,33H2,1H3,(H2,34,36,40)(H,37,39,41). The van der Waals surface area contributed by atoms with Gasteiger partial charge in [-0.15, -0.1) is 0 Å². The number of imide groups is 1. The van der Waals surface area contributed by atoms with Crippen LogP contribution in [0.3, 0.4) is 0 Å². The van der Waals surface area contributed by atoms with Gasteiger partial charge in [0.25, 0.3) is 5.24 Å². The van der Waals surface area contributed by atoms with Crippen LogP contribution >= 0.6 is 11.8 Å². The third kappa shape index (κ3) is 6.60. The zero-order valence-electron chi connectivity index (χ0n) is 23.6. The van der Waals surface area contributed by atoms with Gasteiger partial charge in [-0.3, -0.25) is 14.9 Å². The molecule has 222 valence electrons. The van der Waals surface area contributed by atoms with Gasteiger partial charge >= 0.3 is 6.03 Å². The molecule has 0 bridgehead atoms. The largest absolute Gasteiger partial charge is 0.486 e. The second-order valence-electron chi connectivity index (χ2n) is 10.1. The quantitative estimate of drug-likeness (QED) is 0.147. The molecule has 5 N–H and O–H groups in total. The molecule has 1 fully saturated rings. The predicted octanol–water partition coefficient (Wildman–Crippen LogP) is 6.06. The van der Waals surface area contributed by atoms with E-state index >= 15 is 0 Å². The summed E-state index contributed by atoms with van der Waals surface area (Å²) in [5, 5.41) is 7.10. The fraction of sp³-hybridized carbons (Fsp3) is 0.125. The number of fused-ring (bicyclic) bond motifs is 1. The lowest BCUT2D eigenvalue weighted by molar-refractivity contribution is -0.118. The number of nitrogens with two attached hydrogens (primary N) is 1. The van der Waals surface area contributed by atoms with E-state index in [9.17, 15) is 14.4 Å². The Hall–Kier alpha value is -5.49. The molecule has 1 saturated heterocycles. The summed E-state index contributed by atoms with van der Waals surface area (Å²) in [5.74, 6) is 2.40. The van der Waals surface area contributed by atoms with E-state index < -0.39 is 11.3 Å². The van der Waals surface area contributed by atoms with Crippen LogP contribution in [0.5, 0.6) is 17.2 Å². The van der Waals surface area contributed by atoms with E-state index in [0.717, 1.165) is 34.2 Å². The molecule has 12 heteroatoms. The van der Waals surface area contributed by atoms with Gasteiger partial charge in [0.05, 0.1) is 27.7 Å². The van der Waals surface area contributed by atoms with Gasteiger partial charge in [-0.05, 0) is 72.6 Å². The second kappa shape index (κ2) is 12.4. The third-order valence-electron chi connectivity index (χ3n) is 6.98. The van der Waals surface area contributed by atoms with E-state index in [1.165, 1.54) is 0 Å². The van der Waals surface area contributed by atoms with Gasteiger partial charge in [-0.25, -0.2) is 9.78 Å². The van der Waals surface area contributed by atoms with Crippen molar-refractivity contribution >= 4 is 57.0 Å². The van der Waals surface area contributed by atoms with E-state index in [2.05, 4.69) is 16.0 Å². The first-order valence-corrected chi connectivity index (χ1v) is 14.6. The molecule has 0 saturated carbocycles. The van der Waals surface area contributed by atoms with E-state index in [0.29, 0.717) is 40.7 Å². The zero-order chi connectivity index (χ0) is 30.6. The Kier molecular flexibility index (Phi) is 8.06. The van der Waals surface area contributed by atoms with Gasteiger partial charge in [0.1, 0.15) is 29.7 Å². The zero-order valence-corrected chi connectivity index (χ0v) is 24.4. The van der Waals surface area contributed by atoms with Crippen LogP contribution < -0.4 is 31.2 Å². The molecule has 6 rings (SSSR count). The van der Waals surface area contributed by atoms with Crippen LogP contribution in [0.2, 0.25) is 0 Å². The average Bonchev–Trinajstić information content (AvgIpc) is 3.50. The molecule has 5 aromatic rings. The number of hydrogen-bond acceptors (Lipinski definition) is 8. The van der Waals surface area contributed by atoms with Crippen LogP contribution in [0.1, 0.15) is 11.4 Å². The molecule has 1 aliphatic rings. The van der Waals surface area contributed by atoms with Gasteiger partial charge in [0.15, 0.2) is 0 Å². The first-order chi connectivity index (χ1) is 21.3. The number of imidazole rings is 1. The maximum Gasteiger partial charge on any atom is 0.323 e. The van der Waals surface area contributed by atoms with Crippen LogP contribution in [-0.4, -0.2) is 32.0 Å². The van der Waals surface area contributed by atoms with Gasteiger partial charge in [0, 0.05) is 18.8 Å². The Bertz CT molecular complexity index is 1860. The number of para-hydroxylation sites is 2. The van der Waals surface area contributed by atoms with Gasteiger partial charge < -0.3 is 30.4 Å². The third-order valence-corrected chi connectivity index (χ3v) is 7.96. The van der Waals surface area contributed by atoms with Crippen LogP contribution in [-0.2, 0) is 24.9 Å². The number of urea groups is 1. The van der Waals surface area contributed by atoms with Crippen molar-refractivity contribution in [2.24, 2.45) is 7.05 Å². The van der Waals surface area contributed by atoms with Gasteiger partial charge in [0.2, 0.25) is 5.91 Å². The summed E-state index contributed by atoms with van der Waals surface area (Å²) in [4.78, 5) is 40.3. The van der Waals surface area contributed by atoms with E-state index in [-0.39, 0.29) is 17.8 Å². The summed E-state index contributed by atoms with van der Waals surface area (Å²) in [6, 6.07) is 26.8. The summed E-state index contributed by atoms with van der Waals surface area (Å²) in [6.45, 7) is 0.259. The highest BCUT2D eigenvalue weighted by Crippen LogP contribution is 2.28. The molecule has 2 heterocycles. The summed E-state index contributed by atoms with van der Waals surface area (Å²) >= 11 is 1.02. The van der Waals surface area contributed by atoms with E-state index in [4.69, 9.17) is 20.2 Å². The number of aryl methyl sites for hydroxylation is 1. The normalized spacial score (nSPS) is 14.3. The fourth-order valence-corrected chi connectivity index (χ4v) is 5.52. The number of rotatable bonds is 9. The number of ether oxygens (including phenoxy) is 2. The maximum absolute atomic E-state index is 12.3. The fourth-order valence-electron chi connectivity index (χ4n) is 4.66. The maximum atomic E-state index is 12.3. The van der Waals surface area contributed by atoms with Crippen molar-refractivity contribution in [3.63, 3.8) is 0 Å². The van der Waals surface area contributed by atoms with Crippen molar-refractivity contribution in [3.05, 3.63) is 102 Å². The number of aromatic nitrogens is 2.